The number of fused-ring (bicyclic) bond motifs is 2. The molecule has 0 aliphatic carbocycles. The Balaban J connectivity index is 1.11. The highest BCUT2D eigenvalue weighted by molar-refractivity contribution is 5.77. The van der Waals surface area contributed by atoms with Crippen LogP contribution < -0.4 is 15.4 Å². The van der Waals surface area contributed by atoms with Crippen molar-refractivity contribution in [1.29, 1.82) is 5.26 Å². The number of nitrogens with zero attached hydrogens (tertiary/aromatic N) is 6. The quantitative estimate of drug-likeness (QED) is 0.554. The minimum atomic E-state index is -4.80. The smallest absolute Gasteiger partial charge is 0.379 e. The number of anilines is 2. The predicted octanol–water partition coefficient (Wildman–Crippen LogP) is 1.92. The van der Waals surface area contributed by atoms with Crippen LogP contribution in [0.15, 0.2) is 29.3 Å². The fourth-order valence-electron chi connectivity index (χ4n) is 5.60. The van der Waals surface area contributed by atoms with E-state index in [-0.39, 0.29) is 49.4 Å². The molecule has 37 heavy (non-hydrogen) atoms. The summed E-state index contributed by atoms with van der Waals surface area (Å²) in [6.45, 7) is 1.96. The number of pyridine rings is 1. The van der Waals surface area contributed by atoms with E-state index in [4.69, 9.17) is 10.00 Å². The summed E-state index contributed by atoms with van der Waals surface area (Å²) < 4.78 is 46.2. The maximum Gasteiger partial charge on any atom is 0.423 e. The Morgan fingerprint density at radius 3 is 2.73 bits per heavy atom. The normalized spacial score (nSPS) is 23.1. The van der Waals surface area contributed by atoms with Crippen molar-refractivity contribution in [3.05, 3.63) is 46.0 Å². The molecule has 5 heterocycles. The Bertz CT molecular complexity index is 1240. The number of nitrogens with one attached hydrogen (secondary N) is 1. The number of ether oxygens (including phenoxy) is 1. The number of amides is 1. The van der Waals surface area contributed by atoms with Crippen molar-refractivity contribution < 1.29 is 22.7 Å². The van der Waals surface area contributed by atoms with Crippen molar-refractivity contribution >= 4 is 17.4 Å². The van der Waals surface area contributed by atoms with E-state index < -0.39 is 17.3 Å². The van der Waals surface area contributed by atoms with E-state index in [0.29, 0.717) is 38.0 Å². The van der Waals surface area contributed by atoms with Gasteiger partial charge in [-0.3, -0.25) is 9.59 Å². The lowest BCUT2D eigenvalue weighted by Gasteiger charge is -2.35. The molecular formula is C24H26F3N7O3. The van der Waals surface area contributed by atoms with Crippen LogP contribution in [0.5, 0.6) is 0 Å². The third-order valence-corrected chi connectivity index (χ3v) is 7.31. The monoisotopic (exact) mass is 517 g/mol. The number of carbonyl (C=O) groups excluding carboxylic acids is 1. The van der Waals surface area contributed by atoms with Gasteiger partial charge in [0.25, 0.3) is 5.56 Å². The third-order valence-electron chi connectivity index (χ3n) is 7.31. The number of hydrogen-bond acceptors (Lipinski definition) is 8. The van der Waals surface area contributed by atoms with E-state index in [9.17, 15) is 22.8 Å². The van der Waals surface area contributed by atoms with Crippen molar-refractivity contribution in [1.82, 2.24) is 20.1 Å². The van der Waals surface area contributed by atoms with Gasteiger partial charge in [-0.2, -0.15) is 23.5 Å². The van der Waals surface area contributed by atoms with Gasteiger partial charge in [0.05, 0.1) is 55.2 Å². The van der Waals surface area contributed by atoms with Crippen molar-refractivity contribution in [3.63, 3.8) is 0 Å². The van der Waals surface area contributed by atoms with Crippen LogP contribution in [0, 0.1) is 11.3 Å². The summed E-state index contributed by atoms with van der Waals surface area (Å²) in [4.78, 5) is 34.6. The van der Waals surface area contributed by atoms with Gasteiger partial charge >= 0.3 is 6.18 Å². The molecule has 2 bridgehead atoms. The number of piperazine rings is 1. The van der Waals surface area contributed by atoms with Gasteiger partial charge in [-0.25, -0.2) is 10.1 Å². The zero-order valence-electron chi connectivity index (χ0n) is 19.9. The van der Waals surface area contributed by atoms with Gasteiger partial charge in [0, 0.05) is 25.8 Å². The molecular weight excluding hydrogens is 491 g/mol. The Kier molecular flexibility index (Phi) is 6.76. The molecule has 3 aliphatic rings. The molecule has 13 heteroatoms. The minimum absolute atomic E-state index is 0.0126. The van der Waals surface area contributed by atoms with Gasteiger partial charge in [0.2, 0.25) is 5.91 Å². The van der Waals surface area contributed by atoms with Gasteiger partial charge in [-0.05, 0) is 31.4 Å². The molecule has 0 spiro atoms. The summed E-state index contributed by atoms with van der Waals surface area (Å²) >= 11 is 0. The molecule has 0 unspecified atom stereocenters. The Morgan fingerprint density at radius 1 is 1.22 bits per heavy atom. The number of H-pyrrole nitrogens is 1. The summed E-state index contributed by atoms with van der Waals surface area (Å²) in [5.41, 5.74) is -2.26. The second-order valence-corrected chi connectivity index (χ2v) is 9.53. The summed E-state index contributed by atoms with van der Waals surface area (Å²) in [5.74, 6) is 0.786. The highest BCUT2D eigenvalue weighted by Crippen LogP contribution is 2.37. The van der Waals surface area contributed by atoms with E-state index in [1.54, 1.807) is 12.3 Å². The highest BCUT2D eigenvalue weighted by Gasteiger charge is 2.45. The Labute approximate surface area is 210 Å². The van der Waals surface area contributed by atoms with Crippen LogP contribution in [0.3, 0.4) is 0 Å². The maximum atomic E-state index is 13.5. The summed E-state index contributed by atoms with van der Waals surface area (Å²) in [6, 6.07) is 5.54. The third kappa shape index (κ3) is 4.98. The molecule has 0 saturated carbocycles. The molecule has 0 radical (unpaired) electrons. The van der Waals surface area contributed by atoms with Crippen LogP contribution in [-0.4, -0.2) is 77.0 Å². The Morgan fingerprint density at radius 2 is 2.05 bits per heavy atom. The molecule has 196 valence electrons. The number of carbonyl (C=O) groups is 1. The van der Waals surface area contributed by atoms with Crippen LogP contribution in [0.4, 0.5) is 24.7 Å². The van der Waals surface area contributed by atoms with Crippen LogP contribution in [0.25, 0.3) is 0 Å². The molecule has 10 nitrogen and oxygen atoms in total. The van der Waals surface area contributed by atoms with E-state index in [0.717, 1.165) is 18.4 Å². The number of halogens is 3. The van der Waals surface area contributed by atoms with Gasteiger partial charge in [0.1, 0.15) is 17.5 Å². The van der Waals surface area contributed by atoms with Crippen LogP contribution >= 0.6 is 0 Å². The number of rotatable bonds is 7. The number of hydrogen-bond donors (Lipinski definition) is 1. The molecule has 5 rings (SSSR count). The van der Waals surface area contributed by atoms with Gasteiger partial charge in [-0.15, -0.1) is 0 Å². The van der Waals surface area contributed by atoms with Crippen LogP contribution in [0.2, 0.25) is 0 Å². The number of alkyl halides is 3. The van der Waals surface area contributed by atoms with Crippen molar-refractivity contribution in [2.45, 2.75) is 50.0 Å². The molecule has 3 atom stereocenters. The topological polar surface area (TPSA) is 118 Å². The highest BCUT2D eigenvalue weighted by atomic mass is 19.4. The molecule has 1 amide bonds. The largest absolute Gasteiger partial charge is 0.423 e. The van der Waals surface area contributed by atoms with Crippen molar-refractivity contribution in [2.24, 2.45) is 0 Å². The molecule has 3 fully saturated rings. The lowest BCUT2D eigenvalue weighted by Crippen LogP contribution is -2.49. The maximum absolute atomic E-state index is 13.5. The first-order valence-corrected chi connectivity index (χ1v) is 12.2. The zero-order valence-corrected chi connectivity index (χ0v) is 19.9. The number of nitriles is 1. The standard InChI is InChI=1S/C24H26F3N7O3/c25-24(26,27)22-19(11-30-31-23(22)36)32-6-1-2-16(32)14-37-7-5-21(35)34-13-17-8-18(34)12-33(17)20-4-3-15(9-28)10-29-20/h3-4,10-11,16-18H,1-2,5-8,12-14H2,(H,31,36)/t16-,17+,18+/m0/s1. The molecule has 2 aromatic heterocycles. The molecule has 1 N–H and O–H groups in total. The summed E-state index contributed by atoms with van der Waals surface area (Å²) in [5, 5.41) is 14.4. The average Bonchev–Trinajstić information content (AvgIpc) is 3.62. The first-order chi connectivity index (χ1) is 17.8. The molecule has 3 saturated heterocycles. The fraction of sp³-hybridized carbons (Fsp3) is 0.542. The zero-order chi connectivity index (χ0) is 26.2. The second kappa shape index (κ2) is 10.0. The van der Waals surface area contributed by atoms with Gasteiger partial charge in [0.15, 0.2) is 0 Å². The first kappa shape index (κ1) is 25.0. The van der Waals surface area contributed by atoms with Crippen molar-refractivity contribution in [2.75, 3.05) is 42.6 Å². The lowest BCUT2D eigenvalue weighted by molar-refractivity contribution is -0.138. The van der Waals surface area contributed by atoms with E-state index in [1.165, 1.54) is 4.90 Å². The number of aromatic amines is 1. The van der Waals surface area contributed by atoms with Crippen LogP contribution in [-0.2, 0) is 15.7 Å². The number of likely N-dealkylation sites (tertiary alicyclic amines) is 1. The fourth-order valence-corrected chi connectivity index (χ4v) is 5.60. The van der Waals surface area contributed by atoms with Gasteiger partial charge < -0.3 is 19.4 Å². The minimum Gasteiger partial charge on any atom is -0.379 e. The van der Waals surface area contributed by atoms with E-state index >= 15 is 0 Å². The Hall–Kier alpha value is -3.66. The van der Waals surface area contributed by atoms with Crippen LogP contribution in [0.1, 0.15) is 36.8 Å². The summed E-state index contributed by atoms with van der Waals surface area (Å²) in [6.07, 6.45) is 0.107. The first-order valence-electron chi connectivity index (χ1n) is 12.2. The number of aromatic nitrogens is 3. The van der Waals surface area contributed by atoms with Crippen molar-refractivity contribution in [3.8, 4) is 6.07 Å². The SMILES string of the molecule is N#Cc1ccc(N2C[C@H]3C[C@@H]2CN3C(=O)CCOC[C@@H]2CCCN2c2cn[nH]c(=O)c2C(F)(F)F)nc1. The lowest BCUT2D eigenvalue weighted by atomic mass is 10.2. The second-order valence-electron chi connectivity index (χ2n) is 9.53. The predicted molar refractivity (Wildman–Crippen MR) is 126 cm³/mol. The van der Waals surface area contributed by atoms with E-state index in [1.807, 2.05) is 16.1 Å². The molecule has 2 aromatic rings. The van der Waals surface area contributed by atoms with E-state index in [2.05, 4.69) is 21.1 Å². The summed E-state index contributed by atoms with van der Waals surface area (Å²) in [7, 11) is 0. The average molecular weight is 518 g/mol. The van der Waals surface area contributed by atoms with Gasteiger partial charge in [-0.1, -0.05) is 0 Å². The molecule has 3 aliphatic heterocycles. The molecule has 0 aromatic carbocycles.